The van der Waals surface area contributed by atoms with Crippen molar-refractivity contribution in [3.8, 4) is 0 Å². The molecule has 1 atom stereocenters. The number of hydrogen-bond acceptors (Lipinski definition) is 5. The van der Waals surface area contributed by atoms with Crippen molar-refractivity contribution in [3.05, 3.63) is 24.3 Å². The first-order valence-electron chi connectivity index (χ1n) is 8.65. The summed E-state index contributed by atoms with van der Waals surface area (Å²) in [5, 5.41) is 2.60. The van der Waals surface area contributed by atoms with Crippen LogP contribution >= 0.6 is 0 Å². The van der Waals surface area contributed by atoms with E-state index in [4.69, 9.17) is 4.74 Å². The quantitative estimate of drug-likeness (QED) is 0.826. The van der Waals surface area contributed by atoms with Crippen molar-refractivity contribution in [3.63, 3.8) is 0 Å². The number of morpholine rings is 1. The van der Waals surface area contributed by atoms with Crippen LogP contribution in [0, 0.1) is 0 Å². The maximum absolute atomic E-state index is 13.0. The summed E-state index contributed by atoms with van der Waals surface area (Å²) in [7, 11) is -3.77. The molecule has 2 fully saturated rings. The second-order valence-electron chi connectivity index (χ2n) is 6.42. The summed E-state index contributed by atoms with van der Waals surface area (Å²) in [6.07, 6.45) is 1.18. The molecule has 2 saturated heterocycles. The minimum Gasteiger partial charge on any atom is -0.378 e. The molecule has 8 nitrogen and oxygen atoms in total. The molecule has 2 aliphatic heterocycles. The lowest BCUT2D eigenvalue weighted by Gasteiger charge is -2.32. The summed E-state index contributed by atoms with van der Waals surface area (Å²) in [6.45, 7) is 3.67. The Morgan fingerprint density at radius 1 is 1.12 bits per heavy atom. The van der Waals surface area contributed by atoms with Gasteiger partial charge < -0.3 is 15.0 Å². The van der Waals surface area contributed by atoms with Crippen LogP contribution in [0.25, 0.3) is 0 Å². The number of hydrogen-bond donors (Lipinski definition) is 1. The van der Waals surface area contributed by atoms with Crippen LogP contribution < -0.4 is 5.32 Å². The molecule has 26 heavy (non-hydrogen) atoms. The van der Waals surface area contributed by atoms with Gasteiger partial charge in [-0.3, -0.25) is 9.59 Å². The van der Waals surface area contributed by atoms with Crippen LogP contribution in [-0.4, -0.2) is 68.3 Å². The summed E-state index contributed by atoms with van der Waals surface area (Å²) in [5.74, 6) is -0.374. The fourth-order valence-electron chi connectivity index (χ4n) is 3.32. The van der Waals surface area contributed by atoms with Crippen molar-refractivity contribution in [2.24, 2.45) is 0 Å². The van der Waals surface area contributed by atoms with Gasteiger partial charge in [-0.1, -0.05) is 0 Å². The summed E-state index contributed by atoms with van der Waals surface area (Å²) in [5.41, 5.74) is 0.527. The smallest absolute Gasteiger partial charge is 0.243 e. The number of anilines is 1. The first-order chi connectivity index (χ1) is 12.4. The summed E-state index contributed by atoms with van der Waals surface area (Å²) >= 11 is 0. The van der Waals surface area contributed by atoms with E-state index in [9.17, 15) is 18.0 Å². The predicted octanol–water partition coefficient (Wildman–Crippen LogP) is 0.657. The number of ether oxygens (including phenoxy) is 1. The molecule has 0 radical (unpaired) electrons. The van der Waals surface area contributed by atoms with Gasteiger partial charge in [-0.15, -0.1) is 0 Å². The number of benzene rings is 1. The van der Waals surface area contributed by atoms with Gasteiger partial charge in [0.1, 0.15) is 6.04 Å². The van der Waals surface area contributed by atoms with Crippen LogP contribution in [0.2, 0.25) is 0 Å². The zero-order valence-corrected chi connectivity index (χ0v) is 15.5. The molecule has 142 valence electrons. The Morgan fingerprint density at radius 3 is 2.38 bits per heavy atom. The molecule has 1 aromatic carbocycles. The van der Waals surface area contributed by atoms with E-state index in [1.807, 2.05) is 0 Å². The van der Waals surface area contributed by atoms with E-state index in [2.05, 4.69) is 5.32 Å². The molecule has 0 aliphatic carbocycles. The van der Waals surface area contributed by atoms with Gasteiger partial charge >= 0.3 is 0 Å². The molecule has 2 amide bonds. The second-order valence-corrected chi connectivity index (χ2v) is 8.31. The van der Waals surface area contributed by atoms with E-state index in [1.54, 1.807) is 17.0 Å². The van der Waals surface area contributed by atoms with Crippen molar-refractivity contribution in [2.45, 2.75) is 30.7 Å². The van der Waals surface area contributed by atoms with Crippen LogP contribution in [0.1, 0.15) is 19.8 Å². The minimum atomic E-state index is -3.77. The summed E-state index contributed by atoms with van der Waals surface area (Å²) < 4.78 is 32.6. The molecule has 0 aromatic heterocycles. The molecule has 3 rings (SSSR count). The zero-order chi connectivity index (χ0) is 18.7. The number of nitrogens with zero attached hydrogens (tertiary/aromatic N) is 2. The molecule has 2 heterocycles. The van der Waals surface area contributed by atoms with E-state index in [0.29, 0.717) is 51.4 Å². The van der Waals surface area contributed by atoms with Gasteiger partial charge in [-0.2, -0.15) is 4.31 Å². The number of rotatable bonds is 4. The first-order valence-corrected chi connectivity index (χ1v) is 10.1. The monoisotopic (exact) mass is 381 g/mol. The Balaban J connectivity index is 1.78. The highest BCUT2D eigenvalue weighted by Crippen LogP contribution is 2.28. The van der Waals surface area contributed by atoms with Crippen LogP contribution in [-0.2, 0) is 24.3 Å². The third-order valence-electron chi connectivity index (χ3n) is 4.59. The highest BCUT2D eigenvalue weighted by molar-refractivity contribution is 7.89. The number of amides is 2. The Morgan fingerprint density at radius 2 is 1.77 bits per heavy atom. The molecular formula is C17H23N3O5S. The van der Waals surface area contributed by atoms with E-state index >= 15 is 0 Å². The molecule has 1 N–H and O–H groups in total. The van der Waals surface area contributed by atoms with Gasteiger partial charge in [0.25, 0.3) is 0 Å². The Hall–Kier alpha value is -1.97. The predicted molar refractivity (Wildman–Crippen MR) is 95.1 cm³/mol. The normalized spacial score (nSPS) is 21.6. The third kappa shape index (κ3) is 3.89. The molecule has 0 bridgehead atoms. The average molecular weight is 381 g/mol. The molecule has 0 spiro atoms. The van der Waals surface area contributed by atoms with Gasteiger partial charge in [-0.05, 0) is 37.1 Å². The van der Waals surface area contributed by atoms with E-state index in [1.165, 1.54) is 23.4 Å². The number of carbonyl (C=O) groups excluding carboxylic acids is 2. The van der Waals surface area contributed by atoms with Crippen molar-refractivity contribution in [2.75, 3.05) is 38.2 Å². The maximum Gasteiger partial charge on any atom is 0.243 e. The van der Waals surface area contributed by atoms with Crippen molar-refractivity contribution < 1.29 is 22.7 Å². The van der Waals surface area contributed by atoms with Gasteiger partial charge in [0, 0.05) is 32.2 Å². The lowest BCUT2D eigenvalue weighted by molar-refractivity contribution is -0.138. The Bertz CT molecular complexity index is 772. The second kappa shape index (κ2) is 7.73. The first kappa shape index (κ1) is 18.8. The molecule has 9 heteroatoms. The fraction of sp³-hybridized carbons (Fsp3) is 0.529. The van der Waals surface area contributed by atoms with Crippen molar-refractivity contribution in [1.82, 2.24) is 9.21 Å². The van der Waals surface area contributed by atoms with Gasteiger partial charge in [0.2, 0.25) is 21.8 Å². The molecular weight excluding hydrogens is 358 g/mol. The Labute approximate surface area is 153 Å². The largest absolute Gasteiger partial charge is 0.378 e. The van der Waals surface area contributed by atoms with E-state index < -0.39 is 16.1 Å². The molecule has 0 saturated carbocycles. The molecule has 0 unspecified atom stereocenters. The van der Waals surface area contributed by atoms with Crippen LogP contribution in [0.4, 0.5) is 5.69 Å². The highest BCUT2D eigenvalue weighted by atomic mass is 32.2. The maximum atomic E-state index is 13.0. The zero-order valence-electron chi connectivity index (χ0n) is 14.7. The number of carbonyl (C=O) groups is 2. The van der Waals surface area contributed by atoms with Crippen LogP contribution in [0.3, 0.4) is 0 Å². The third-order valence-corrected chi connectivity index (χ3v) is 6.52. The van der Waals surface area contributed by atoms with Gasteiger partial charge in [0.15, 0.2) is 0 Å². The van der Waals surface area contributed by atoms with Crippen molar-refractivity contribution in [1.29, 1.82) is 0 Å². The molecule has 1 aromatic rings. The van der Waals surface area contributed by atoms with E-state index in [-0.39, 0.29) is 16.7 Å². The van der Waals surface area contributed by atoms with Gasteiger partial charge in [-0.25, -0.2) is 8.42 Å². The SMILES string of the molecule is CC(=O)Nc1ccc(S(=O)(=O)N2CCC[C@H]2C(=O)N2CCOCC2)cc1. The fourth-order valence-corrected chi connectivity index (χ4v) is 4.97. The van der Waals surface area contributed by atoms with E-state index in [0.717, 1.165) is 0 Å². The van der Waals surface area contributed by atoms with Crippen LogP contribution in [0.5, 0.6) is 0 Å². The number of nitrogens with one attached hydrogen (secondary N) is 1. The summed E-state index contributed by atoms with van der Waals surface area (Å²) in [4.78, 5) is 25.7. The van der Waals surface area contributed by atoms with Gasteiger partial charge in [0.05, 0.1) is 18.1 Å². The number of sulfonamides is 1. The lowest BCUT2D eigenvalue weighted by atomic mass is 10.2. The highest BCUT2D eigenvalue weighted by Gasteiger charge is 2.41. The van der Waals surface area contributed by atoms with Crippen LogP contribution in [0.15, 0.2) is 29.2 Å². The topological polar surface area (TPSA) is 96.0 Å². The van der Waals surface area contributed by atoms with Crippen molar-refractivity contribution >= 4 is 27.5 Å². The standard InChI is InChI=1S/C17H23N3O5S/c1-13(21)18-14-4-6-15(7-5-14)26(23,24)20-8-2-3-16(20)17(22)19-9-11-25-12-10-19/h4-7,16H,2-3,8-12H2,1H3,(H,18,21)/t16-/m0/s1. The Kier molecular flexibility index (Phi) is 5.59. The summed E-state index contributed by atoms with van der Waals surface area (Å²) in [6, 6.07) is 5.34. The minimum absolute atomic E-state index is 0.119. The molecule has 2 aliphatic rings. The average Bonchev–Trinajstić information content (AvgIpc) is 3.12. The lowest BCUT2D eigenvalue weighted by Crippen LogP contribution is -2.50.